The van der Waals surface area contributed by atoms with Crippen molar-refractivity contribution in [1.29, 1.82) is 0 Å². The van der Waals surface area contributed by atoms with E-state index in [0.29, 0.717) is 37.9 Å². The predicted molar refractivity (Wildman–Crippen MR) is 132 cm³/mol. The van der Waals surface area contributed by atoms with Crippen molar-refractivity contribution in [2.75, 3.05) is 13.2 Å². The first kappa shape index (κ1) is 32.1. The van der Waals surface area contributed by atoms with Crippen LogP contribution in [0.4, 0.5) is 0 Å². The molecule has 0 aliphatic heterocycles. The summed E-state index contributed by atoms with van der Waals surface area (Å²) in [6, 6.07) is 0. The Labute approximate surface area is 194 Å². The van der Waals surface area contributed by atoms with E-state index in [9.17, 15) is 9.59 Å². The van der Waals surface area contributed by atoms with Crippen LogP contribution in [0.15, 0.2) is 0 Å². The van der Waals surface area contributed by atoms with Crippen LogP contribution in [0.5, 0.6) is 0 Å². The average Bonchev–Trinajstić information content (AvgIpc) is 2.79. The van der Waals surface area contributed by atoms with Crippen molar-refractivity contribution in [3.63, 3.8) is 0 Å². The Balaban J connectivity index is 0. The molecule has 2 unspecified atom stereocenters. The fraction of sp³-hybridized carbons (Fsp3) is 0.926. The summed E-state index contributed by atoms with van der Waals surface area (Å²) < 4.78 is 10.1. The summed E-state index contributed by atoms with van der Waals surface area (Å²) in [7, 11) is 0. The van der Waals surface area contributed by atoms with Crippen LogP contribution in [0, 0.1) is 11.8 Å². The first-order valence-corrected chi connectivity index (χ1v) is 13.3. The SMILES string of the molecule is CCCCC(CC)COC=O.CCCCCCCCCC(=O)OCC(CC)CCCC. The Kier molecular flexibility index (Phi) is 28.0. The lowest BCUT2D eigenvalue weighted by Crippen LogP contribution is -2.13. The molecule has 0 saturated carbocycles. The molecule has 31 heavy (non-hydrogen) atoms. The van der Waals surface area contributed by atoms with Gasteiger partial charge in [0.05, 0.1) is 13.2 Å². The molecule has 0 N–H and O–H groups in total. The van der Waals surface area contributed by atoms with Crippen LogP contribution in [0.25, 0.3) is 0 Å². The monoisotopic (exact) mass is 442 g/mol. The molecular weight excluding hydrogens is 388 g/mol. The third kappa shape index (κ3) is 25.1. The van der Waals surface area contributed by atoms with Crippen LogP contribution < -0.4 is 0 Å². The molecule has 0 fully saturated rings. The minimum atomic E-state index is 0.00788. The number of esters is 1. The van der Waals surface area contributed by atoms with Gasteiger partial charge in [0.2, 0.25) is 0 Å². The standard InChI is InChI=1S/C18H36O2.C9H18O2/c1-4-7-9-10-11-12-13-15-18(19)20-16-17(6-3)14-8-5-2;1-3-5-6-9(4-2)7-11-8-10/h17H,4-16H2,1-3H3;8-9H,3-7H2,1-2H3. The molecule has 0 aromatic heterocycles. The molecule has 0 spiro atoms. The zero-order valence-electron chi connectivity index (χ0n) is 21.6. The quantitative estimate of drug-likeness (QED) is 0.102. The molecule has 0 aliphatic rings. The summed E-state index contributed by atoms with van der Waals surface area (Å²) in [6.07, 6.45) is 18.9. The fourth-order valence-corrected chi connectivity index (χ4v) is 3.48. The van der Waals surface area contributed by atoms with Gasteiger partial charge in [-0.15, -0.1) is 0 Å². The maximum Gasteiger partial charge on any atom is 0.305 e. The van der Waals surface area contributed by atoms with E-state index in [0.717, 1.165) is 19.3 Å². The van der Waals surface area contributed by atoms with Crippen molar-refractivity contribution in [3.8, 4) is 0 Å². The smallest absolute Gasteiger partial charge is 0.305 e. The van der Waals surface area contributed by atoms with Crippen molar-refractivity contribution in [2.24, 2.45) is 11.8 Å². The van der Waals surface area contributed by atoms with E-state index in [-0.39, 0.29) is 5.97 Å². The Bertz CT molecular complexity index is 370. The van der Waals surface area contributed by atoms with Crippen LogP contribution in [0.1, 0.15) is 137 Å². The molecule has 0 heterocycles. The van der Waals surface area contributed by atoms with Gasteiger partial charge in [0.25, 0.3) is 6.47 Å². The number of carbonyl (C=O) groups excluding carboxylic acids is 2. The number of hydrogen-bond acceptors (Lipinski definition) is 4. The predicted octanol–water partition coefficient (Wildman–Crippen LogP) is 8.26. The molecular formula is C27H54O4. The third-order valence-electron chi connectivity index (χ3n) is 5.95. The van der Waals surface area contributed by atoms with E-state index < -0.39 is 0 Å². The molecule has 0 bridgehead atoms. The minimum Gasteiger partial charge on any atom is -0.468 e. The Morgan fingerprint density at radius 3 is 1.65 bits per heavy atom. The number of unbranched alkanes of at least 4 members (excludes halogenated alkanes) is 8. The maximum absolute atomic E-state index is 11.7. The molecule has 0 aromatic carbocycles. The van der Waals surface area contributed by atoms with Crippen molar-refractivity contribution < 1.29 is 19.1 Å². The van der Waals surface area contributed by atoms with Crippen LogP contribution in [-0.4, -0.2) is 25.7 Å². The molecule has 0 amide bonds. The largest absolute Gasteiger partial charge is 0.468 e. The molecule has 0 radical (unpaired) electrons. The van der Waals surface area contributed by atoms with Crippen molar-refractivity contribution in [1.82, 2.24) is 0 Å². The Hall–Kier alpha value is -1.06. The number of ether oxygens (including phenoxy) is 2. The van der Waals surface area contributed by atoms with Gasteiger partial charge in [-0.2, -0.15) is 0 Å². The van der Waals surface area contributed by atoms with Crippen molar-refractivity contribution in [3.05, 3.63) is 0 Å². The topological polar surface area (TPSA) is 52.6 Å². The van der Waals surface area contributed by atoms with Gasteiger partial charge >= 0.3 is 5.97 Å². The second-order valence-electron chi connectivity index (χ2n) is 8.82. The molecule has 4 heteroatoms. The number of hydrogen-bond donors (Lipinski definition) is 0. The van der Waals surface area contributed by atoms with Gasteiger partial charge in [-0.05, 0) is 31.1 Å². The summed E-state index contributed by atoms with van der Waals surface area (Å²) >= 11 is 0. The van der Waals surface area contributed by atoms with E-state index in [2.05, 4.69) is 34.6 Å². The van der Waals surface area contributed by atoms with Crippen LogP contribution in [-0.2, 0) is 19.1 Å². The van der Waals surface area contributed by atoms with Gasteiger partial charge in [-0.1, -0.05) is 112 Å². The van der Waals surface area contributed by atoms with Crippen LogP contribution in [0.2, 0.25) is 0 Å². The van der Waals surface area contributed by atoms with Crippen molar-refractivity contribution in [2.45, 2.75) is 137 Å². The summed E-state index contributed by atoms with van der Waals surface area (Å²) in [5.41, 5.74) is 0. The summed E-state index contributed by atoms with van der Waals surface area (Å²) in [4.78, 5) is 21.5. The highest BCUT2D eigenvalue weighted by molar-refractivity contribution is 5.69. The van der Waals surface area contributed by atoms with Crippen LogP contribution >= 0.6 is 0 Å². The molecule has 0 saturated heterocycles. The number of carbonyl (C=O) groups is 2. The first-order chi connectivity index (χ1) is 15.1. The van der Waals surface area contributed by atoms with Crippen LogP contribution in [0.3, 0.4) is 0 Å². The fourth-order valence-electron chi connectivity index (χ4n) is 3.48. The van der Waals surface area contributed by atoms with Crippen molar-refractivity contribution >= 4 is 12.4 Å². The van der Waals surface area contributed by atoms with E-state index in [1.165, 1.54) is 77.0 Å². The Morgan fingerprint density at radius 2 is 1.16 bits per heavy atom. The van der Waals surface area contributed by atoms with E-state index in [1.807, 2.05) is 0 Å². The van der Waals surface area contributed by atoms with Gasteiger partial charge in [0, 0.05) is 6.42 Å². The summed E-state index contributed by atoms with van der Waals surface area (Å²) in [6.45, 7) is 12.7. The second-order valence-corrected chi connectivity index (χ2v) is 8.82. The van der Waals surface area contributed by atoms with Gasteiger partial charge in [-0.3, -0.25) is 9.59 Å². The summed E-state index contributed by atoms with van der Waals surface area (Å²) in [5, 5.41) is 0. The first-order valence-electron chi connectivity index (χ1n) is 13.3. The zero-order chi connectivity index (χ0) is 23.6. The molecule has 186 valence electrons. The lowest BCUT2D eigenvalue weighted by molar-refractivity contribution is -0.145. The minimum absolute atomic E-state index is 0.00788. The summed E-state index contributed by atoms with van der Waals surface area (Å²) in [5.74, 6) is 1.14. The second kappa shape index (κ2) is 27.0. The molecule has 2 atom stereocenters. The molecule has 0 rings (SSSR count). The molecule has 4 nitrogen and oxygen atoms in total. The van der Waals surface area contributed by atoms with Gasteiger partial charge in [0.15, 0.2) is 0 Å². The van der Waals surface area contributed by atoms with E-state index in [1.54, 1.807) is 0 Å². The van der Waals surface area contributed by atoms with E-state index >= 15 is 0 Å². The van der Waals surface area contributed by atoms with Gasteiger partial charge in [0.1, 0.15) is 0 Å². The highest BCUT2D eigenvalue weighted by atomic mass is 16.5. The molecule has 0 aliphatic carbocycles. The highest BCUT2D eigenvalue weighted by Gasteiger charge is 2.09. The normalized spacial score (nSPS) is 12.4. The van der Waals surface area contributed by atoms with Gasteiger partial charge < -0.3 is 9.47 Å². The third-order valence-corrected chi connectivity index (χ3v) is 5.95. The number of rotatable bonds is 21. The molecule has 0 aromatic rings. The highest BCUT2D eigenvalue weighted by Crippen LogP contribution is 2.14. The Morgan fingerprint density at radius 1 is 0.677 bits per heavy atom. The van der Waals surface area contributed by atoms with E-state index in [4.69, 9.17) is 9.47 Å². The lowest BCUT2D eigenvalue weighted by Gasteiger charge is -2.14. The average molecular weight is 443 g/mol. The lowest BCUT2D eigenvalue weighted by atomic mass is 10.0. The van der Waals surface area contributed by atoms with Gasteiger partial charge in [-0.25, -0.2) is 0 Å². The zero-order valence-corrected chi connectivity index (χ0v) is 21.6. The maximum atomic E-state index is 11.7.